The van der Waals surface area contributed by atoms with Crippen LogP contribution in [-0.4, -0.2) is 33.4 Å². The van der Waals surface area contributed by atoms with E-state index in [0.717, 1.165) is 37.9 Å². The Morgan fingerprint density at radius 2 is 1.89 bits per heavy atom. The maximum Gasteiger partial charge on any atom is 0.222 e. The first kappa shape index (κ1) is 17.8. The molecule has 4 rings (SSSR count). The minimum absolute atomic E-state index is 0.281. The quantitative estimate of drug-likeness (QED) is 0.688. The van der Waals surface area contributed by atoms with Crippen molar-refractivity contribution in [3.63, 3.8) is 0 Å². The molecular formula is C23H27N3O. The van der Waals surface area contributed by atoms with Gasteiger partial charge in [0.2, 0.25) is 5.91 Å². The number of rotatable bonds is 4. The number of amides is 1. The molecule has 2 aromatic carbocycles. The molecule has 0 bridgehead atoms. The first-order valence-electron chi connectivity index (χ1n) is 9.87. The van der Waals surface area contributed by atoms with Gasteiger partial charge in [0, 0.05) is 25.6 Å². The Morgan fingerprint density at radius 1 is 1.11 bits per heavy atom. The zero-order valence-electron chi connectivity index (χ0n) is 16.2. The molecule has 1 saturated heterocycles. The zero-order valence-corrected chi connectivity index (χ0v) is 16.2. The zero-order chi connectivity index (χ0) is 18.8. The molecule has 1 aliphatic heterocycles. The lowest BCUT2D eigenvalue weighted by Crippen LogP contribution is -2.39. The fraction of sp³-hybridized carbons (Fsp3) is 0.391. The third-order valence-corrected chi connectivity index (χ3v) is 5.81. The molecule has 1 aromatic heterocycles. The van der Waals surface area contributed by atoms with Crippen LogP contribution in [0.1, 0.15) is 42.0 Å². The highest BCUT2D eigenvalue weighted by atomic mass is 16.2. The van der Waals surface area contributed by atoms with Crippen molar-refractivity contribution in [2.75, 3.05) is 13.1 Å². The van der Waals surface area contributed by atoms with Gasteiger partial charge in [0.25, 0.3) is 0 Å². The predicted octanol–water partition coefficient (Wildman–Crippen LogP) is 4.45. The van der Waals surface area contributed by atoms with E-state index in [1.807, 2.05) is 17.3 Å². The van der Waals surface area contributed by atoms with Gasteiger partial charge in [-0.25, -0.2) is 4.98 Å². The van der Waals surface area contributed by atoms with Gasteiger partial charge in [-0.2, -0.15) is 0 Å². The summed E-state index contributed by atoms with van der Waals surface area (Å²) in [7, 11) is 0. The van der Waals surface area contributed by atoms with Crippen molar-refractivity contribution in [3.05, 3.63) is 65.5 Å². The fourth-order valence-electron chi connectivity index (χ4n) is 4.11. The van der Waals surface area contributed by atoms with Gasteiger partial charge in [-0.3, -0.25) is 4.79 Å². The Kier molecular flexibility index (Phi) is 4.97. The van der Waals surface area contributed by atoms with E-state index in [1.165, 1.54) is 22.2 Å². The van der Waals surface area contributed by atoms with Crippen LogP contribution in [-0.2, 0) is 11.2 Å². The van der Waals surface area contributed by atoms with Crippen LogP contribution < -0.4 is 0 Å². The van der Waals surface area contributed by atoms with Crippen LogP contribution >= 0.6 is 0 Å². The Labute approximate surface area is 160 Å². The normalized spacial score (nSPS) is 15.4. The lowest BCUT2D eigenvalue weighted by atomic mass is 10.0. The topological polar surface area (TPSA) is 38.1 Å². The van der Waals surface area contributed by atoms with Gasteiger partial charge >= 0.3 is 0 Å². The molecule has 2 heterocycles. The molecule has 0 N–H and O–H groups in total. The second-order valence-electron chi connectivity index (χ2n) is 7.68. The number of carbonyl (C=O) groups is 1. The standard InChI is InChI=1S/C23H27N3O/c1-17-7-9-21-22(15-17)26(16-24-21)20-11-13-25(14-12-20)23(27)10-8-19-6-4-3-5-18(19)2/h3-7,9,15-16,20H,8,10-14H2,1-2H3. The molecule has 3 aromatic rings. The van der Waals surface area contributed by atoms with E-state index in [1.54, 1.807) is 0 Å². The molecule has 4 nitrogen and oxygen atoms in total. The largest absolute Gasteiger partial charge is 0.343 e. The molecule has 140 valence electrons. The monoisotopic (exact) mass is 361 g/mol. The molecule has 0 radical (unpaired) electrons. The van der Waals surface area contributed by atoms with Crippen molar-refractivity contribution < 1.29 is 4.79 Å². The molecule has 0 atom stereocenters. The predicted molar refractivity (Wildman–Crippen MR) is 109 cm³/mol. The summed E-state index contributed by atoms with van der Waals surface area (Å²) in [5.41, 5.74) is 6.07. The lowest BCUT2D eigenvalue weighted by molar-refractivity contribution is -0.132. The smallest absolute Gasteiger partial charge is 0.222 e. The van der Waals surface area contributed by atoms with E-state index in [2.05, 4.69) is 59.8 Å². The number of hydrogen-bond donors (Lipinski definition) is 0. The number of nitrogens with zero attached hydrogens (tertiary/aromatic N) is 3. The highest BCUT2D eigenvalue weighted by Crippen LogP contribution is 2.27. The second kappa shape index (κ2) is 7.55. The number of imidazole rings is 1. The van der Waals surface area contributed by atoms with E-state index in [0.29, 0.717) is 12.5 Å². The summed E-state index contributed by atoms with van der Waals surface area (Å²) in [6.07, 6.45) is 5.38. The molecule has 1 aliphatic rings. The van der Waals surface area contributed by atoms with Crippen LogP contribution in [0.25, 0.3) is 11.0 Å². The molecule has 1 fully saturated rings. The first-order valence-corrected chi connectivity index (χ1v) is 9.87. The molecule has 0 saturated carbocycles. The van der Waals surface area contributed by atoms with Crippen molar-refractivity contribution >= 4 is 16.9 Å². The number of aryl methyl sites for hydroxylation is 3. The highest BCUT2D eigenvalue weighted by molar-refractivity contribution is 5.77. The number of benzene rings is 2. The summed E-state index contributed by atoms with van der Waals surface area (Å²) in [5.74, 6) is 0.281. The van der Waals surface area contributed by atoms with Gasteiger partial charge in [0.15, 0.2) is 0 Å². The van der Waals surface area contributed by atoms with Gasteiger partial charge in [-0.05, 0) is 61.9 Å². The van der Waals surface area contributed by atoms with Crippen LogP contribution in [0.5, 0.6) is 0 Å². The molecule has 0 spiro atoms. The van der Waals surface area contributed by atoms with Crippen molar-refractivity contribution in [1.82, 2.24) is 14.5 Å². The maximum atomic E-state index is 12.6. The summed E-state index contributed by atoms with van der Waals surface area (Å²) < 4.78 is 2.30. The Morgan fingerprint density at radius 3 is 2.67 bits per heavy atom. The van der Waals surface area contributed by atoms with Crippen LogP contribution in [0.15, 0.2) is 48.8 Å². The average Bonchev–Trinajstić information content (AvgIpc) is 3.10. The maximum absolute atomic E-state index is 12.6. The Bertz CT molecular complexity index is 951. The van der Waals surface area contributed by atoms with E-state index >= 15 is 0 Å². The fourth-order valence-corrected chi connectivity index (χ4v) is 4.11. The average molecular weight is 361 g/mol. The molecule has 1 amide bonds. The SMILES string of the molecule is Cc1ccc2ncn(C3CCN(C(=O)CCc4ccccc4C)CC3)c2c1. The van der Waals surface area contributed by atoms with E-state index in [4.69, 9.17) is 0 Å². The van der Waals surface area contributed by atoms with Crippen molar-refractivity contribution in [2.24, 2.45) is 0 Å². The van der Waals surface area contributed by atoms with Gasteiger partial charge < -0.3 is 9.47 Å². The Balaban J connectivity index is 1.36. The molecule has 27 heavy (non-hydrogen) atoms. The van der Waals surface area contributed by atoms with Crippen LogP contribution in [0, 0.1) is 13.8 Å². The van der Waals surface area contributed by atoms with Gasteiger partial charge in [0.05, 0.1) is 17.4 Å². The number of aromatic nitrogens is 2. The van der Waals surface area contributed by atoms with Crippen molar-refractivity contribution in [2.45, 2.75) is 45.6 Å². The lowest BCUT2D eigenvalue weighted by Gasteiger charge is -2.33. The molecule has 0 aliphatic carbocycles. The number of likely N-dealkylation sites (tertiary alicyclic amines) is 1. The molecule has 4 heteroatoms. The van der Waals surface area contributed by atoms with Crippen LogP contribution in [0.4, 0.5) is 0 Å². The first-order chi connectivity index (χ1) is 13.1. The number of fused-ring (bicyclic) bond motifs is 1. The summed E-state index contributed by atoms with van der Waals surface area (Å²) >= 11 is 0. The third-order valence-electron chi connectivity index (χ3n) is 5.81. The minimum Gasteiger partial charge on any atom is -0.343 e. The van der Waals surface area contributed by atoms with Gasteiger partial charge in [0.1, 0.15) is 0 Å². The number of piperidine rings is 1. The van der Waals surface area contributed by atoms with E-state index < -0.39 is 0 Å². The summed E-state index contributed by atoms with van der Waals surface area (Å²) in [6.45, 7) is 5.90. The number of carbonyl (C=O) groups excluding carboxylic acids is 1. The van der Waals surface area contributed by atoms with Gasteiger partial charge in [-0.15, -0.1) is 0 Å². The van der Waals surface area contributed by atoms with Crippen LogP contribution in [0.3, 0.4) is 0 Å². The summed E-state index contributed by atoms with van der Waals surface area (Å²) in [4.78, 5) is 19.2. The van der Waals surface area contributed by atoms with E-state index in [9.17, 15) is 4.79 Å². The van der Waals surface area contributed by atoms with Crippen molar-refractivity contribution in [1.29, 1.82) is 0 Å². The molecular weight excluding hydrogens is 334 g/mol. The highest BCUT2D eigenvalue weighted by Gasteiger charge is 2.24. The van der Waals surface area contributed by atoms with E-state index in [-0.39, 0.29) is 5.91 Å². The molecule has 0 unspecified atom stereocenters. The summed E-state index contributed by atoms with van der Waals surface area (Å²) in [6, 6.07) is 15.2. The number of hydrogen-bond acceptors (Lipinski definition) is 2. The van der Waals surface area contributed by atoms with Gasteiger partial charge in [-0.1, -0.05) is 30.3 Å². The minimum atomic E-state index is 0.281. The van der Waals surface area contributed by atoms with Crippen molar-refractivity contribution in [3.8, 4) is 0 Å². The second-order valence-corrected chi connectivity index (χ2v) is 7.68. The third kappa shape index (κ3) is 3.75. The van der Waals surface area contributed by atoms with Crippen LogP contribution in [0.2, 0.25) is 0 Å². The Hall–Kier alpha value is -2.62. The summed E-state index contributed by atoms with van der Waals surface area (Å²) in [5, 5.41) is 0.